The molecule has 0 bridgehead atoms. The summed E-state index contributed by atoms with van der Waals surface area (Å²) in [6.45, 7) is 2.02. The molecule has 1 fully saturated rings. The molecule has 0 unspecified atom stereocenters. The van der Waals surface area contributed by atoms with Crippen LogP contribution < -0.4 is 4.90 Å². The first-order valence-electron chi connectivity index (χ1n) is 7.31. The van der Waals surface area contributed by atoms with Crippen LogP contribution in [-0.4, -0.2) is 33.9 Å². The van der Waals surface area contributed by atoms with E-state index in [2.05, 4.69) is 14.9 Å². The predicted octanol–water partition coefficient (Wildman–Crippen LogP) is 2.68. The van der Waals surface area contributed by atoms with E-state index in [0.29, 0.717) is 5.56 Å². The third kappa shape index (κ3) is 3.31. The van der Waals surface area contributed by atoms with Gasteiger partial charge in [0.2, 0.25) is 5.95 Å². The van der Waals surface area contributed by atoms with E-state index in [1.807, 2.05) is 0 Å². The summed E-state index contributed by atoms with van der Waals surface area (Å²) in [6.07, 6.45) is 9.00. The number of carbonyl (C=O) groups excluding carboxylic acids is 1. The van der Waals surface area contributed by atoms with Crippen molar-refractivity contribution in [3.8, 4) is 5.75 Å². The van der Waals surface area contributed by atoms with Crippen LogP contribution in [0.25, 0.3) is 6.08 Å². The Morgan fingerprint density at radius 1 is 1.09 bits per heavy atom. The van der Waals surface area contributed by atoms with Gasteiger partial charge in [-0.15, -0.1) is 0 Å². The average molecular weight is 295 g/mol. The number of phenols is 1. The number of nitrogens with zero attached hydrogens (tertiary/aromatic N) is 3. The van der Waals surface area contributed by atoms with Gasteiger partial charge in [-0.25, -0.2) is 9.97 Å². The molecule has 1 N–H and O–H groups in total. The molecule has 0 atom stereocenters. The molecule has 5 heteroatoms. The highest BCUT2D eigenvalue weighted by molar-refractivity contribution is 6.06. The Balaban J connectivity index is 1.67. The molecule has 2 aromatic rings. The van der Waals surface area contributed by atoms with Crippen LogP contribution in [0.3, 0.4) is 0 Å². The maximum Gasteiger partial charge on any atom is 0.225 e. The van der Waals surface area contributed by atoms with Crippen LogP contribution in [0.4, 0.5) is 5.95 Å². The molecule has 0 saturated carbocycles. The van der Waals surface area contributed by atoms with Gasteiger partial charge in [0, 0.05) is 36.6 Å². The predicted molar refractivity (Wildman–Crippen MR) is 85.0 cm³/mol. The van der Waals surface area contributed by atoms with Gasteiger partial charge in [0.25, 0.3) is 0 Å². The molecule has 1 aromatic heterocycles. The highest BCUT2D eigenvalue weighted by atomic mass is 16.3. The Hall–Kier alpha value is -2.69. The third-order valence-electron chi connectivity index (χ3n) is 3.63. The molecule has 2 heterocycles. The number of ketones is 1. The fourth-order valence-electron chi connectivity index (χ4n) is 2.39. The summed E-state index contributed by atoms with van der Waals surface area (Å²) < 4.78 is 0. The van der Waals surface area contributed by atoms with Crippen molar-refractivity contribution in [1.29, 1.82) is 0 Å². The lowest BCUT2D eigenvalue weighted by atomic mass is 10.1. The van der Waals surface area contributed by atoms with E-state index in [-0.39, 0.29) is 11.5 Å². The van der Waals surface area contributed by atoms with E-state index in [9.17, 15) is 9.90 Å². The Morgan fingerprint density at radius 3 is 2.36 bits per heavy atom. The number of hydrogen-bond acceptors (Lipinski definition) is 5. The zero-order valence-corrected chi connectivity index (χ0v) is 12.1. The Labute approximate surface area is 129 Å². The number of allylic oxidation sites excluding steroid dienone is 1. The maximum absolute atomic E-state index is 12.0. The summed E-state index contributed by atoms with van der Waals surface area (Å²) in [6, 6.07) is 6.17. The van der Waals surface area contributed by atoms with Crippen molar-refractivity contribution in [2.24, 2.45) is 0 Å². The number of anilines is 1. The average Bonchev–Trinajstić information content (AvgIpc) is 3.08. The lowest BCUT2D eigenvalue weighted by Gasteiger charge is -2.14. The molecule has 1 saturated heterocycles. The largest absolute Gasteiger partial charge is 0.508 e. The summed E-state index contributed by atoms with van der Waals surface area (Å²) in [7, 11) is 0. The molecular weight excluding hydrogens is 278 g/mol. The van der Waals surface area contributed by atoms with Gasteiger partial charge in [0.1, 0.15) is 5.75 Å². The molecule has 1 aliphatic heterocycles. The van der Waals surface area contributed by atoms with Crippen LogP contribution >= 0.6 is 0 Å². The SMILES string of the molecule is O=C(C=Cc1cnc(N2CCCC2)nc1)c1ccc(O)cc1. The van der Waals surface area contributed by atoms with Gasteiger partial charge >= 0.3 is 0 Å². The molecule has 1 aliphatic rings. The van der Waals surface area contributed by atoms with Crippen molar-refractivity contribution in [3.63, 3.8) is 0 Å². The van der Waals surface area contributed by atoms with Crippen molar-refractivity contribution < 1.29 is 9.90 Å². The molecule has 0 amide bonds. The molecule has 0 radical (unpaired) electrons. The van der Waals surface area contributed by atoms with Crippen LogP contribution in [0, 0.1) is 0 Å². The first-order chi connectivity index (χ1) is 10.7. The zero-order chi connectivity index (χ0) is 15.4. The van der Waals surface area contributed by atoms with E-state index >= 15 is 0 Å². The maximum atomic E-state index is 12.0. The Morgan fingerprint density at radius 2 is 1.73 bits per heavy atom. The van der Waals surface area contributed by atoms with Crippen molar-refractivity contribution in [1.82, 2.24) is 9.97 Å². The number of aromatic nitrogens is 2. The van der Waals surface area contributed by atoms with Gasteiger partial charge in [0.05, 0.1) is 0 Å². The molecule has 1 aromatic carbocycles. The van der Waals surface area contributed by atoms with Gasteiger partial charge in [0.15, 0.2) is 5.78 Å². The van der Waals surface area contributed by atoms with Crippen LogP contribution in [0.5, 0.6) is 5.75 Å². The van der Waals surface area contributed by atoms with E-state index in [1.54, 1.807) is 30.6 Å². The molecule has 5 nitrogen and oxygen atoms in total. The first kappa shape index (κ1) is 14.3. The van der Waals surface area contributed by atoms with Crippen molar-refractivity contribution >= 4 is 17.8 Å². The number of rotatable bonds is 4. The first-order valence-corrected chi connectivity index (χ1v) is 7.31. The van der Waals surface area contributed by atoms with Crippen LogP contribution in [0.15, 0.2) is 42.7 Å². The number of hydrogen-bond donors (Lipinski definition) is 1. The van der Waals surface area contributed by atoms with Crippen molar-refractivity contribution in [2.75, 3.05) is 18.0 Å². The van der Waals surface area contributed by atoms with Crippen LogP contribution in [0.1, 0.15) is 28.8 Å². The minimum absolute atomic E-state index is 0.122. The quantitative estimate of drug-likeness (QED) is 0.694. The summed E-state index contributed by atoms with van der Waals surface area (Å²) in [5.74, 6) is 0.773. The topological polar surface area (TPSA) is 66.3 Å². The molecular formula is C17H17N3O2. The lowest BCUT2D eigenvalue weighted by Crippen LogP contribution is -2.20. The molecule has 0 aliphatic carbocycles. The zero-order valence-electron chi connectivity index (χ0n) is 12.1. The highest BCUT2D eigenvalue weighted by Gasteiger charge is 2.14. The van der Waals surface area contributed by atoms with Gasteiger partial charge < -0.3 is 10.0 Å². The van der Waals surface area contributed by atoms with Crippen molar-refractivity contribution in [2.45, 2.75) is 12.8 Å². The highest BCUT2D eigenvalue weighted by Crippen LogP contribution is 2.15. The fraction of sp³-hybridized carbons (Fsp3) is 0.235. The standard InChI is InChI=1S/C17H17N3O2/c21-15-6-4-14(5-7-15)16(22)8-3-13-11-18-17(19-12-13)20-9-1-2-10-20/h3-8,11-12,21H,1-2,9-10H2. The summed E-state index contributed by atoms with van der Waals surface area (Å²) in [5.41, 5.74) is 1.32. The van der Waals surface area contributed by atoms with Gasteiger partial charge in [-0.1, -0.05) is 0 Å². The smallest absolute Gasteiger partial charge is 0.225 e. The normalized spacial score (nSPS) is 14.6. The van der Waals surface area contributed by atoms with Gasteiger partial charge in [-0.05, 0) is 49.3 Å². The third-order valence-corrected chi connectivity index (χ3v) is 3.63. The van der Waals surface area contributed by atoms with Crippen molar-refractivity contribution in [3.05, 3.63) is 53.9 Å². The number of aromatic hydroxyl groups is 1. The fourth-order valence-corrected chi connectivity index (χ4v) is 2.39. The van der Waals surface area contributed by atoms with E-state index in [4.69, 9.17) is 0 Å². The second-order valence-corrected chi connectivity index (χ2v) is 5.26. The van der Waals surface area contributed by atoms with Gasteiger partial charge in [-0.3, -0.25) is 4.79 Å². The Bertz CT molecular complexity index is 672. The van der Waals surface area contributed by atoms with E-state index in [0.717, 1.165) is 24.6 Å². The van der Waals surface area contributed by atoms with Gasteiger partial charge in [-0.2, -0.15) is 0 Å². The number of benzene rings is 1. The van der Waals surface area contributed by atoms with Crippen LogP contribution in [0.2, 0.25) is 0 Å². The minimum atomic E-state index is -0.122. The van der Waals surface area contributed by atoms with E-state index < -0.39 is 0 Å². The summed E-state index contributed by atoms with van der Waals surface area (Å²) in [5, 5.41) is 9.21. The second kappa shape index (κ2) is 6.39. The molecule has 22 heavy (non-hydrogen) atoms. The lowest BCUT2D eigenvalue weighted by molar-refractivity contribution is 0.104. The van der Waals surface area contributed by atoms with E-state index in [1.165, 1.54) is 31.1 Å². The summed E-state index contributed by atoms with van der Waals surface area (Å²) >= 11 is 0. The molecule has 112 valence electrons. The monoisotopic (exact) mass is 295 g/mol. The Kier molecular flexibility index (Phi) is 4.14. The second-order valence-electron chi connectivity index (χ2n) is 5.26. The number of phenolic OH excluding ortho intramolecular Hbond substituents is 1. The molecule has 3 rings (SSSR count). The van der Waals surface area contributed by atoms with Crippen LogP contribution in [-0.2, 0) is 0 Å². The molecule has 0 spiro atoms. The minimum Gasteiger partial charge on any atom is -0.508 e. The number of carbonyl (C=O) groups is 1. The summed E-state index contributed by atoms with van der Waals surface area (Å²) in [4.78, 5) is 22.8.